The molecule has 1 aliphatic heterocycles. The quantitative estimate of drug-likeness (QED) is 0.912. The zero-order valence-electron chi connectivity index (χ0n) is 15.0. The summed E-state index contributed by atoms with van der Waals surface area (Å²) in [6.45, 7) is 2.88. The number of carbonyl (C=O) groups is 1. The van der Waals surface area contributed by atoms with Crippen molar-refractivity contribution in [2.45, 2.75) is 31.7 Å². The fourth-order valence-electron chi connectivity index (χ4n) is 3.41. The minimum absolute atomic E-state index is 0.128. The molecule has 1 aromatic heterocycles. The van der Waals surface area contributed by atoms with Crippen LogP contribution < -0.4 is 10.9 Å². The van der Waals surface area contributed by atoms with Gasteiger partial charge in [-0.25, -0.2) is 4.39 Å². The van der Waals surface area contributed by atoms with Crippen molar-refractivity contribution in [1.29, 1.82) is 0 Å². The van der Waals surface area contributed by atoms with E-state index < -0.39 is 5.41 Å². The number of pyridine rings is 1. The van der Waals surface area contributed by atoms with E-state index >= 15 is 0 Å². The number of nitrogens with zero attached hydrogens (tertiary/aromatic N) is 1. The van der Waals surface area contributed by atoms with Crippen LogP contribution in [-0.2, 0) is 28.5 Å². The smallest absolute Gasteiger partial charge is 0.255 e. The first-order valence-electron chi connectivity index (χ1n) is 8.72. The van der Waals surface area contributed by atoms with Crippen LogP contribution in [0, 0.1) is 12.7 Å². The average molecular weight is 358 g/mol. The second-order valence-corrected chi connectivity index (χ2v) is 6.75. The summed E-state index contributed by atoms with van der Waals surface area (Å²) in [5, 5.41) is 2.88. The number of rotatable bonds is 4. The molecule has 3 rings (SSSR count). The lowest BCUT2D eigenvalue weighted by Crippen LogP contribution is -2.48. The van der Waals surface area contributed by atoms with Crippen LogP contribution in [0.2, 0.25) is 0 Å². The summed E-state index contributed by atoms with van der Waals surface area (Å²) in [6, 6.07) is 9.75. The van der Waals surface area contributed by atoms with Gasteiger partial charge in [0.2, 0.25) is 5.91 Å². The number of ether oxygens (including phenoxy) is 1. The maximum atomic E-state index is 13.7. The van der Waals surface area contributed by atoms with Crippen molar-refractivity contribution < 1.29 is 13.9 Å². The highest BCUT2D eigenvalue weighted by molar-refractivity contribution is 5.88. The summed E-state index contributed by atoms with van der Waals surface area (Å²) >= 11 is 0. The molecule has 1 fully saturated rings. The van der Waals surface area contributed by atoms with E-state index in [2.05, 4.69) is 5.32 Å². The molecule has 1 N–H and O–H groups in total. The lowest BCUT2D eigenvalue weighted by atomic mass is 9.73. The van der Waals surface area contributed by atoms with Gasteiger partial charge in [0.25, 0.3) is 5.56 Å². The summed E-state index contributed by atoms with van der Waals surface area (Å²) in [5.41, 5.74) is 1.06. The Balaban J connectivity index is 1.85. The van der Waals surface area contributed by atoms with Gasteiger partial charge in [0.15, 0.2) is 0 Å². The highest BCUT2D eigenvalue weighted by Gasteiger charge is 2.41. The van der Waals surface area contributed by atoms with Crippen LogP contribution >= 0.6 is 0 Å². The van der Waals surface area contributed by atoms with Gasteiger partial charge in [-0.15, -0.1) is 0 Å². The fraction of sp³-hybridized carbons (Fsp3) is 0.400. The van der Waals surface area contributed by atoms with Crippen molar-refractivity contribution >= 4 is 5.91 Å². The highest BCUT2D eigenvalue weighted by atomic mass is 19.1. The molecular formula is C20H23FN2O3. The van der Waals surface area contributed by atoms with Crippen molar-refractivity contribution in [3.63, 3.8) is 0 Å². The van der Waals surface area contributed by atoms with Crippen LogP contribution in [0.3, 0.4) is 0 Å². The molecule has 138 valence electrons. The Morgan fingerprint density at radius 2 is 2.00 bits per heavy atom. The number of halogens is 1. The molecule has 1 saturated heterocycles. The zero-order valence-corrected chi connectivity index (χ0v) is 15.0. The summed E-state index contributed by atoms with van der Waals surface area (Å²) < 4.78 is 20.7. The first-order chi connectivity index (χ1) is 12.4. The van der Waals surface area contributed by atoms with Gasteiger partial charge in [-0.05, 0) is 43.5 Å². The third-order valence-corrected chi connectivity index (χ3v) is 5.23. The predicted octanol–water partition coefficient (Wildman–Crippen LogP) is 2.20. The number of aromatic nitrogens is 1. The molecule has 0 aliphatic carbocycles. The molecule has 1 aromatic carbocycles. The van der Waals surface area contributed by atoms with Crippen LogP contribution in [0.1, 0.15) is 29.7 Å². The summed E-state index contributed by atoms with van der Waals surface area (Å²) in [4.78, 5) is 25.4. The Hall–Kier alpha value is -2.47. The van der Waals surface area contributed by atoms with Crippen LogP contribution in [0.4, 0.5) is 4.39 Å². The lowest BCUT2D eigenvalue weighted by molar-refractivity contribution is -0.130. The van der Waals surface area contributed by atoms with E-state index in [-0.39, 0.29) is 23.8 Å². The van der Waals surface area contributed by atoms with E-state index in [9.17, 15) is 14.0 Å². The van der Waals surface area contributed by atoms with Crippen molar-refractivity contribution in [3.05, 3.63) is 69.4 Å². The number of amides is 1. The number of nitrogens with one attached hydrogen (secondary N) is 1. The minimum Gasteiger partial charge on any atom is -0.381 e. The molecule has 1 aliphatic rings. The Morgan fingerprint density at radius 1 is 1.27 bits per heavy atom. The van der Waals surface area contributed by atoms with Gasteiger partial charge in [0.1, 0.15) is 5.82 Å². The standard InChI is InChI=1S/C20H23FN2O3/c1-14-6-7-15(18(24)23(14)2)13-22-19(25)20(8-10-26-11-9-20)16-4-3-5-17(21)12-16/h3-7,12H,8-11,13H2,1-2H3,(H,22,25). The zero-order chi connectivity index (χ0) is 18.7. The Bertz CT molecular complexity index is 870. The Morgan fingerprint density at radius 3 is 2.69 bits per heavy atom. The lowest BCUT2D eigenvalue weighted by Gasteiger charge is -2.36. The van der Waals surface area contributed by atoms with E-state index in [0.29, 0.717) is 37.2 Å². The third-order valence-electron chi connectivity index (χ3n) is 5.23. The molecule has 0 atom stereocenters. The first kappa shape index (κ1) is 18.3. The topological polar surface area (TPSA) is 60.3 Å². The highest BCUT2D eigenvalue weighted by Crippen LogP contribution is 2.35. The molecule has 0 saturated carbocycles. The van der Waals surface area contributed by atoms with Gasteiger partial charge < -0.3 is 14.6 Å². The first-order valence-corrected chi connectivity index (χ1v) is 8.72. The minimum atomic E-state index is -0.837. The van der Waals surface area contributed by atoms with Gasteiger partial charge in [-0.1, -0.05) is 18.2 Å². The monoisotopic (exact) mass is 358 g/mol. The van der Waals surface area contributed by atoms with Gasteiger partial charge in [0.05, 0.1) is 5.41 Å². The SMILES string of the molecule is Cc1ccc(CNC(=O)C2(c3cccc(F)c3)CCOCC2)c(=O)n1C. The maximum Gasteiger partial charge on any atom is 0.255 e. The van der Waals surface area contributed by atoms with E-state index in [1.165, 1.54) is 12.1 Å². The molecular weight excluding hydrogens is 335 g/mol. The number of benzene rings is 1. The van der Waals surface area contributed by atoms with E-state index in [1.54, 1.807) is 29.8 Å². The van der Waals surface area contributed by atoms with Gasteiger partial charge in [-0.3, -0.25) is 9.59 Å². The van der Waals surface area contributed by atoms with Crippen molar-refractivity contribution in [2.75, 3.05) is 13.2 Å². The predicted molar refractivity (Wildman–Crippen MR) is 96.4 cm³/mol. The van der Waals surface area contributed by atoms with E-state index in [0.717, 1.165) is 5.69 Å². The van der Waals surface area contributed by atoms with Crippen LogP contribution in [-0.4, -0.2) is 23.7 Å². The van der Waals surface area contributed by atoms with Crippen LogP contribution in [0.15, 0.2) is 41.2 Å². The van der Waals surface area contributed by atoms with Gasteiger partial charge >= 0.3 is 0 Å². The number of hydrogen-bond donors (Lipinski definition) is 1. The number of aryl methyl sites for hydroxylation is 1. The van der Waals surface area contributed by atoms with E-state index in [1.807, 2.05) is 13.0 Å². The molecule has 6 heteroatoms. The summed E-state index contributed by atoms with van der Waals surface area (Å²) in [7, 11) is 1.70. The second kappa shape index (κ2) is 7.41. The molecule has 0 unspecified atom stereocenters. The maximum absolute atomic E-state index is 13.7. The van der Waals surface area contributed by atoms with E-state index in [4.69, 9.17) is 4.74 Å². The summed E-state index contributed by atoms with van der Waals surface area (Å²) in [5.74, 6) is -0.567. The second-order valence-electron chi connectivity index (χ2n) is 6.75. The van der Waals surface area contributed by atoms with Crippen molar-refractivity contribution in [3.8, 4) is 0 Å². The fourth-order valence-corrected chi connectivity index (χ4v) is 3.41. The van der Waals surface area contributed by atoms with Gasteiger partial charge in [-0.2, -0.15) is 0 Å². The Kier molecular flexibility index (Phi) is 5.23. The van der Waals surface area contributed by atoms with Crippen molar-refractivity contribution in [2.24, 2.45) is 7.05 Å². The normalized spacial score (nSPS) is 16.3. The number of hydrogen-bond acceptors (Lipinski definition) is 3. The molecule has 0 radical (unpaired) electrons. The molecule has 0 bridgehead atoms. The molecule has 5 nitrogen and oxygen atoms in total. The van der Waals surface area contributed by atoms with Gasteiger partial charge in [0, 0.05) is 38.1 Å². The molecule has 26 heavy (non-hydrogen) atoms. The molecule has 1 amide bonds. The average Bonchev–Trinajstić information content (AvgIpc) is 2.66. The molecule has 2 aromatic rings. The van der Waals surface area contributed by atoms with Crippen LogP contribution in [0.25, 0.3) is 0 Å². The summed E-state index contributed by atoms with van der Waals surface area (Å²) in [6.07, 6.45) is 0.961. The Labute approximate surface area is 151 Å². The third kappa shape index (κ3) is 3.42. The molecule has 0 spiro atoms. The molecule has 2 heterocycles. The largest absolute Gasteiger partial charge is 0.381 e. The van der Waals surface area contributed by atoms with Crippen LogP contribution in [0.5, 0.6) is 0 Å². The number of carbonyl (C=O) groups excluding carboxylic acids is 1. The van der Waals surface area contributed by atoms with Crippen molar-refractivity contribution in [1.82, 2.24) is 9.88 Å².